The number of hydrogen-bond donors (Lipinski definition) is 3. The molecular formula is C19H28N4O2. The van der Waals surface area contributed by atoms with Gasteiger partial charge in [0.15, 0.2) is 0 Å². The number of hydrogen-bond acceptors (Lipinski definition) is 3. The van der Waals surface area contributed by atoms with E-state index < -0.39 is 0 Å². The minimum atomic E-state index is -0.0979. The molecule has 25 heavy (non-hydrogen) atoms. The summed E-state index contributed by atoms with van der Waals surface area (Å²) >= 11 is 0. The van der Waals surface area contributed by atoms with Gasteiger partial charge in [0.25, 0.3) is 5.91 Å². The van der Waals surface area contributed by atoms with Gasteiger partial charge in [0.1, 0.15) is 0 Å². The number of rotatable bonds is 7. The Morgan fingerprint density at radius 3 is 2.32 bits per heavy atom. The van der Waals surface area contributed by atoms with E-state index in [1.807, 2.05) is 18.2 Å². The SMILES string of the molecule is O=C(NCCCNC(=O)c1ccccc1)NC1CCN(C2CC2)CC1. The first-order chi connectivity index (χ1) is 12.2. The number of urea groups is 1. The summed E-state index contributed by atoms with van der Waals surface area (Å²) < 4.78 is 0. The van der Waals surface area contributed by atoms with E-state index >= 15 is 0 Å². The third-order valence-corrected chi connectivity index (χ3v) is 4.89. The zero-order valence-electron chi connectivity index (χ0n) is 14.7. The van der Waals surface area contributed by atoms with Crippen molar-refractivity contribution in [3.05, 3.63) is 35.9 Å². The fourth-order valence-electron chi connectivity index (χ4n) is 3.27. The number of nitrogens with one attached hydrogen (secondary N) is 3. The summed E-state index contributed by atoms with van der Waals surface area (Å²) in [6.07, 6.45) is 5.49. The molecule has 3 rings (SSSR count). The number of piperidine rings is 1. The van der Waals surface area contributed by atoms with Crippen LogP contribution in [0, 0.1) is 0 Å². The monoisotopic (exact) mass is 344 g/mol. The summed E-state index contributed by atoms with van der Waals surface area (Å²) in [5, 5.41) is 8.79. The maximum atomic E-state index is 11.9. The van der Waals surface area contributed by atoms with E-state index in [4.69, 9.17) is 0 Å². The van der Waals surface area contributed by atoms with Crippen molar-refractivity contribution in [1.82, 2.24) is 20.9 Å². The predicted octanol–water partition coefficient (Wildman–Crippen LogP) is 1.73. The lowest BCUT2D eigenvalue weighted by molar-refractivity contribution is 0.0953. The summed E-state index contributed by atoms with van der Waals surface area (Å²) in [5.74, 6) is -0.0764. The van der Waals surface area contributed by atoms with E-state index in [0.717, 1.165) is 32.0 Å². The number of carbonyl (C=O) groups excluding carboxylic acids is 2. The molecule has 3 N–H and O–H groups in total. The molecular weight excluding hydrogens is 316 g/mol. The van der Waals surface area contributed by atoms with Gasteiger partial charge in [-0.3, -0.25) is 4.79 Å². The number of amides is 3. The van der Waals surface area contributed by atoms with Crippen LogP contribution < -0.4 is 16.0 Å². The van der Waals surface area contributed by atoms with Gasteiger partial charge < -0.3 is 20.9 Å². The molecule has 1 saturated carbocycles. The highest BCUT2D eigenvalue weighted by molar-refractivity contribution is 5.94. The second-order valence-corrected chi connectivity index (χ2v) is 6.92. The Bertz CT molecular complexity index is 566. The van der Waals surface area contributed by atoms with E-state index in [1.54, 1.807) is 12.1 Å². The van der Waals surface area contributed by atoms with Gasteiger partial charge in [0.05, 0.1) is 0 Å². The van der Waals surface area contributed by atoms with Crippen molar-refractivity contribution in [2.24, 2.45) is 0 Å². The molecule has 0 radical (unpaired) electrons. The highest BCUT2D eigenvalue weighted by atomic mass is 16.2. The van der Waals surface area contributed by atoms with Crippen LogP contribution >= 0.6 is 0 Å². The zero-order chi connectivity index (χ0) is 17.5. The lowest BCUT2D eigenvalue weighted by atomic mass is 10.1. The summed E-state index contributed by atoms with van der Waals surface area (Å²) in [4.78, 5) is 26.3. The third-order valence-electron chi connectivity index (χ3n) is 4.89. The van der Waals surface area contributed by atoms with E-state index in [2.05, 4.69) is 20.9 Å². The molecule has 2 aliphatic rings. The molecule has 1 heterocycles. The Balaban J connectivity index is 1.23. The van der Waals surface area contributed by atoms with Crippen LogP contribution in [-0.2, 0) is 0 Å². The molecule has 1 aliphatic heterocycles. The fraction of sp³-hybridized carbons (Fsp3) is 0.579. The van der Waals surface area contributed by atoms with Crippen LogP contribution in [-0.4, -0.2) is 55.1 Å². The Labute approximate surface area is 149 Å². The van der Waals surface area contributed by atoms with Crippen LogP contribution in [0.25, 0.3) is 0 Å². The Morgan fingerprint density at radius 1 is 0.960 bits per heavy atom. The third kappa shape index (κ3) is 5.74. The number of nitrogens with zero attached hydrogens (tertiary/aromatic N) is 1. The van der Waals surface area contributed by atoms with Crippen molar-refractivity contribution in [1.29, 1.82) is 0 Å². The van der Waals surface area contributed by atoms with Gasteiger partial charge in [0.2, 0.25) is 0 Å². The normalized spacial score (nSPS) is 18.6. The van der Waals surface area contributed by atoms with Gasteiger partial charge in [0, 0.05) is 43.8 Å². The van der Waals surface area contributed by atoms with E-state index in [0.29, 0.717) is 25.1 Å². The van der Waals surface area contributed by atoms with E-state index in [-0.39, 0.29) is 18.0 Å². The fourth-order valence-corrected chi connectivity index (χ4v) is 3.27. The topological polar surface area (TPSA) is 73.5 Å². The van der Waals surface area contributed by atoms with Gasteiger partial charge in [-0.15, -0.1) is 0 Å². The van der Waals surface area contributed by atoms with Crippen LogP contribution in [0.4, 0.5) is 4.79 Å². The van der Waals surface area contributed by atoms with Crippen LogP contribution in [0.5, 0.6) is 0 Å². The molecule has 6 heteroatoms. The Kier molecular flexibility index (Phi) is 6.28. The average molecular weight is 344 g/mol. The Hall–Kier alpha value is -2.08. The molecule has 1 aliphatic carbocycles. The molecule has 2 fully saturated rings. The molecule has 1 aromatic carbocycles. The minimum absolute atomic E-state index is 0.0764. The maximum Gasteiger partial charge on any atom is 0.315 e. The smallest absolute Gasteiger partial charge is 0.315 e. The lowest BCUT2D eigenvalue weighted by Gasteiger charge is -2.32. The van der Waals surface area contributed by atoms with Crippen molar-refractivity contribution in [3.63, 3.8) is 0 Å². The number of benzene rings is 1. The summed E-state index contributed by atoms with van der Waals surface area (Å²) in [6.45, 7) is 3.30. The van der Waals surface area contributed by atoms with E-state index in [1.165, 1.54) is 12.8 Å². The minimum Gasteiger partial charge on any atom is -0.352 e. The molecule has 6 nitrogen and oxygen atoms in total. The van der Waals surface area contributed by atoms with Crippen molar-refractivity contribution in [2.75, 3.05) is 26.2 Å². The van der Waals surface area contributed by atoms with Crippen LogP contribution in [0.2, 0.25) is 0 Å². The Morgan fingerprint density at radius 2 is 1.64 bits per heavy atom. The molecule has 0 bridgehead atoms. The molecule has 0 unspecified atom stereocenters. The van der Waals surface area contributed by atoms with Gasteiger partial charge in [-0.1, -0.05) is 18.2 Å². The largest absolute Gasteiger partial charge is 0.352 e. The molecule has 3 amide bonds. The second kappa shape index (κ2) is 8.85. The summed E-state index contributed by atoms with van der Waals surface area (Å²) in [5.41, 5.74) is 0.658. The lowest BCUT2D eigenvalue weighted by Crippen LogP contribution is -2.48. The first kappa shape index (κ1) is 17.7. The standard InChI is InChI=1S/C19H28N4O2/c24-18(15-5-2-1-3-6-15)20-11-4-12-21-19(25)22-16-9-13-23(14-10-16)17-7-8-17/h1-3,5-6,16-17H,4,7-14H2,(H,20,24)(H2,21,22,25). The predicted molar refractivity (Wildman–Crippen MR) is 97.5 cm³/mol. The molecule has 0 atom stereocenters. The first-order valence-corrected chi connectivity index (χ1v) is 9.34. The van der Waals surface area contributed by atoms with Crippen LogP contribution in [0.3, 0.4) is 0 Å². The quantitative estimate of drug-likeness (QED) is 0.660. The van der Waals surface area contributed by atoms with Gasteiger partial charge in [-0.25, -0.2) is 4.79 Å². The van der Waals surface area contributed by atoms with Gasteiger partial charge in [-0.05, 0) is 44.2 Å². The van der Waals surface area contributed by atoms with E-state index in [9.17, 15) is 9.59 Å². The molecule has 1 saturated heterocycles. The van der Waals surface area contributed by atoms with Crippen LogP contribution in [0.15, 0.2) is 30.3 Å². The van der Waals surface area contributed by atoms with Crippen molar-refractivity contribution in [3.8, 4) is 0 Å². The second-order valence-electron chi connectivity index (χ2n) is 6.92. The highest BCUT2D eigenvalue weighted by Crippen LogP contribution is 2.29. The summed E-state index contributed by atoms with van der Waals surface area (Å²) in [7, 11) is 0. The first-order valence-electron chi connectivity index (χ1n) is 9.34. The zero-order valence-corrected chi connectivity index (χ0v) is 14.7. The molecule has 1 aromatic rings. The maximum absolute atomic E-state index is 11.9. The van der Waals surface area contributed by atoms with Crippen molar-refractivity contribution >= 4 is 11.9 Å². The highest BCUT2D eigenvalue weighted by Gasteiger charge is 2.31. The molecule has 0 spiro atoms. The molecule has 136 valence electrons. The van der Waals surface area contributed by atoms with Crippen molar-refractivity contribution < 1.29 is 9.59 Å². The number of likely N-dealkylation sites (tertiary alicyclic amines) is 1. The van der Waals surface area contributed by atoms with Gasteiger partial charge in [-0.2, -0.15) is 0 Å². The summed E-state index contributed by atoms with van der Waals surface area (Å²) in [6, 6.07) is 10.2. The van der Waals surface area contributed by atoms with Crippen molar-refractivity contribution in [2.45, 2.75) is 44.2 Å². The van der Waals surface area contributed by atoms with Crippen LogP contribution in [0.1, 0.15) is 42.5 Å². The number of carbonyl (C=O) groups is 2. The average Bonchev–Trinajstić information content (AvgIpc) is 3.48. The van der Waals surface area contributed by atoms with Gasteiger partial charge >= 0.3 is 6.03 Å². The molecule has 0 aromatic heterocycles.